The van der Waals surface area contributed by atoms with Crippen molar-refractivity contribution in [3.63, 3.8) is 0 Å². The first-order chi connectivity index (χ1) is 10.1. The first kappa shape index (κ1) is 16.0. The van der Waals surface area contributed by atoms with E-state index in [1.165, 1.54) is 5.56 Å². The van der Waals surface area contributed by atoms with Gasteiger partial charge in [-0.2, -0.15) is 0 Å². The van der Waals surface area contributed by atoms with Crippen molar-refractivity contribution in [2.24, 2.45) is 5.73 Å². The molecular formula is C17H26N2O2. The molecule has 1 aromatic carbocycles. The maximum Gasteiger partial charge on any atom is 0.224 e. The topological polar surface area (TPSA) is 64.3 Å². The van der Waals surface area contributed by atoms with Crippen molar-refractivity contribution in [1.29, 1.82) is 0 Å². The van der Waals surface area contributed by atoms with Crippen LogP contribution in [0.5, 0.6) is 0 Å². The summed E-state index contributed by atoms with van der Waals surface area (Å²) in [5, 5.41) is 2.91. The Morgan fingerprint density at radius 1 is 1.33 bits per heavy atom. The van der Waals surface area contributed by atoms with Crippen LogP contribution >= 0.6 is 0 Å². The second-order valence-electron chi connectivity index (χ2n) is 5.92. The van der Waals surface area contributed by atoms with E-state index in [0.29, 0.717) is 31.7 Å². The third kappa shape index (κ3) is 5.86. The van der Waals surface area contributed by atoms with E-state index >= 15 is 0 Å². The van der Waals surface area contributed by atoms with Crippen LogP contribution in [0.25, 0.3) is 0 Å². The van der Waals surface area contributed by atoms with Crippen molar-refractivity contribution in [3.05, 3.63) is 35.4 Å². The van der Waals surface area contributed by atoms with Crippen LogP contribution in [0.3, 0.4) is 0 Å². The molecule has 0 aliphatic heterocycles. The molecule has 0 heterocycles. The molecule has 1 aromatic rings. The molecule has 0 bridgehead atoms. The average molecular weight is 290 g/mol. The molecule has 4 heteroatoms. The lowest BCUT2D eigenvalue weighted by molar-refractivity contribution is -0.120. The standard InChI is InChI=1S/C17H26N2O2/c1-13-3-2-4-14(11-13)12-17(20)19-9-10-21-16-7-5-15(18)6-8-16/h2-4,11,15-16H,5-10,12,18H2,1H3,(H,19,20). The lowest BCUT2D eigenvalue weighted by atomic mass is 9.94. The highest BCUT2D eigenvalue weighted by atomic mass is 16.5. The molecule has 0 aromatic heterocycles. The largest absolute Gasteiger partial charge is 0.376 e. The molecule has 0 radical (unpaired) electrons. The van der Waals surface area contributed by atoms with E-state index < -0.39 is 0 Å². The van der Waals surface area contributed by atoms with Crippen LogP contribution in [-0.4, -0.2) is 31.2 Å². The first-order valence-corrected chi connectivity index (χ1v) is 7.83. The van der Waals surface area contributed by atoms with E-state index in [-0.39, 0.29) is 5.91 Å². The van der Waals surface area contributed by atoms with Crippen LogP contribution in [0.15, 0.2) is 24.3 Å². The molecule has 1 fully saturated rings. The lowest BCUT2D eigenvalue weighted by Gasteiger charge is -2.26. The van der Waals surface area contributed by atoms with Crippen LogP contribution in [-0.2, 0) is 16.0 Å². The molecule has 1 saturated carbocycles. The van der Waals surface area contributed by atoms with Gasteiger partial charge >= 0.3 is 0 Å². The van der Waals surface area contributed by atoms with Gasteiger partial charge in [0.25, 0.3) is 0 Å². The summed E-state index contributed by atoms with van der Waals surface area (Å²) in [4.78, 5) is 11.8. The second kappa shape index (κ2) is 8.15. The number of carbonyl (C=O) groups is 1. The Labute approximate surface area is 127 Å². The molecule has 0 unspecified atom stereocenters. The fourth-order valence-corrected chi connectivity index (χ4v) is 2.74. The predicted octanol–water partition coefficient (Wildman–Crippen LogP) is 1.94. The van der Waals surface area contributed by atoms with Crippen molar-refractivity contribution >= 4 is 5.91 Å². The highest BCUT2D eigenvalue weighted by molar-refractivity contribution is 5.78. The third-order valence-corrected chi connectivity index (χ3v) is 3.94. The smallest absolute Gasteiger partial charge is 0.224 e. The Balaban J connectivity index is 1.59. The molecule has 1 aliphatic carbocycles. The van der Waals surface area contributed by atoms with E-state index in [9.17, 15) is 4.79 Å². The second-order valence-corrected chi connectivity index (χ2v) is 5.92. The third-order valence-electron chi connectivity index (χ3n) is 3.94. The first-order valence-electron chi connectivity index (χ1n) is 7.83. The summed E-state index contributed by atoms with van der Waals surface area (Å²) >= 11 is 0. The van der Waals surface area contributed by atoms with Gasteiger partial charge in [-0.05, 0) is 38.2 Å². The van der Waals surface area contributed by atoms with Gasteiger partial charge in [-0.1, -0.05) is 29.8 Å². The van der Waals surface area contributed by atoms with E-state index in [4.69, 9.17) is 10.5 Å². The summed E-state index contributed by atoms with van der Waals surface area (Å²) in [6, 6.07) is 8.38. The minimum Gasteiger partial charge on any atom is -0.376 e. The summed E-state index contributed by atoms with van der Waals surface area (Å²) in [5.41, 5.74) is 8.09. The van der Waals surface area contributed by atoms with E-state index in [1.807, 2.05) is 31.2 Å². The zero-order chi connectivity index (χ0) is 15.1. The number of aryl methyl sites for hydroxylation is 1. The van der Waals surface area contributed by atoms with E-state index in [1.54, 1.807) is 0 Å². The van der Waals surface area contributed by atoms with Crippen molar-refractivity contribution in [1.82, 2.24) is 5.32 Å². The summed E-state index contributed by atoms with van der Waals surface area (Å²) in [6.07, 6.45) is 4.92. The number of hydrogen-bond donors (Lipinski definition) is 2. The van der Waals surface area contributed by atoms with Crippen molar-refractivity contribution in [2.45, 2.75) is 51.2 Å². The molecule has 1 amide bonds. The molecule has 1 aliphatic rings. The number of carbonyl (C=O) groups excluding carboxylic acids is 1. The molecule has 2 rings (SSSR count). The Bertz CT molecular complexity index is 454. The number of ether oxygens (including phenoxy) is 1. The predicted molar refractivity (Wildman–Crippen MR) is 84.1 cm³/mol. The summed E-state index contributed by atoms with van der Waals surface area (Å²) in [6.45, 7) is 3.19. The molecule has 0 atom stereocenters. The van der Waals surface area contributed by atoms with Crippen molar-refractivity contribution in [3.8, 4) is 0 Å². The van der Waals surface area contributed by atoms with E-state index in [2.05, 4.69) is 5.32 Å². The van der Waals surface area contributed by atoms with Crippen LogP contribution in [0.2, 0.25) is 0 Å². The molecule has 4 nitrogen and oxygen atoms in total. The van der Waals surface area contributed by atoms with Gasteiger partial charge in [0.2, 0.25) is 5.91 Å². The summed E-state index contributed by atoms with van der Waals surface area (Å²) in [7, 11) is 0. The summed E-state index contributed by atoms with van der Waals surface area (Å²) in [5.74, 6) is 0.0508. The number of hydrogen-bond acceptors (Lipinski definition) is 3. The highest BCUT2D eigenvalue weighted by Crippen LogP contribution is 2.19. The molecule has 116 valence electrons. The van der Waals surface area contributed by atoms with Gasteiger partial charge in [-0.15, -0.1) is 0 Å². The normalized spacial score (nSPS) is 22.0. The molecular weight excluding hydrogens is 264 g/mol. The minimum atomic E-state index is 0.0508. The van der Waals surface area contributed by atoms with Gasteiger partial charge in [-0.25, -0.2) is 0 Å². The van der Waals surface area contributed by atoms with Crippen molar-refractivity contribution in [2.75, 3.05) is 13.2 Å². The van der Waals surface area contributed by atoms with Crippen LogP contribution < -0.4 is 11.1 Å². The maximum absolute atomic E-state index is 11.8. The number of nitrogens with one attached hydrogen (secondary N) is 1. The average Bonchev–Trinajstić information content (AvgIpc) is 2.45. The zero-order valence-corrected chi connectivity index (χ0v) is 12.8. The van der Waals surface area contributed by atoms with Crippen LogP contribution in [0.4, 0.5) is 0 Å². The molecule has 21 heavy (non-hydrogen) atoms. The zero-order valence-electron chi connectivity index (χ0n) is 12.8. The van der Waals surface area contributed by atoms with Crippen LogP contribution in [0.1, 0.15) is 36.8 Å². The lowest BCUT2D eigenvalue weighted by Crippen LogP contribution is -2.33. The Morgan fingerprint density at radius 2 is 2.10 bits per heavy atom. The van der Waals surface area contributed by atoms with Gasteiger partial charge in [-0.3, -0.25) is 4.79 Å². The van der Waals surface area contributed by atoms with Gasteiger partial charge in [0, 0.05) is 12.6 Å². The Morgan fingerprint density at radius 3 is 2.81 bits per heavy atom. The van der Waals surface area contributed by atoms with Gasteiger partial charge < -0.3 is 15.8 Å². The monoisotopic (exact) mass is 290 g/mol. The van der Waals surface area contributed by atoms with Gasteiger partial charge in [0.05, 0.1) is 19.1 Å². The number of nitrogens with two attached hydrogens (primary N) is 1. The number of benzene rings is 1. The molecule has 3 N–H and O–H groups in total. The highest BCUT2D eigenvalue weighted by Gasteiger charge is 2.18. The van der Waals surface area contributed by atoms with Gasteiger partial charge in [0.1, 0.15) is 0 Å². The fraction of sp³-hybridized carbons (Fsp3) is 0.588. The van der Waals surface area contributed by atoms with Crippen LogP contribution in [0, 0.1) is 6.92 Å². The maximum atomic E-state index is 11.8. The Kier molecular flexibility index (Phi) is 6.21. The molecule has 0 spiro atoms. The summed E-state index contributed by atoms with van der Waals surface area (Å²) < 4.78 is 5.78. The number of amides is 1. The van der Waals surface area contributed by atoms with Gasteiger partial charge in [0.15, 0.2) is 0 Å². The number of rotatable bonds is 6. The molecule has 0 saturated heterocycles. The fourth-order valence-electron chi connectivity index (χ4n) is 2.74. The quantitative estimate of drug-likeness (QED) is 0.787. The van der Waals surface area contributed by atoms with E-state index in [0.717, 1.165) is 31.2 Å². The Hall–Kier alpha value is -1.39. The van der Waals surface area contributed by atoms with Crippen molar-refractivity contribution < 1.29 is 9.53 Å². The SMILES string of the molecule is Cc1cccc(CC(=O)NCCOC2CCC(N)CC2)c1. The minimum absolute atomic E-state index is 0.0508.